The number of urea groups is 1. The van der Waals surface area contributed by atoms with E-state index in [9.17, 15) is 4.79 Å². The summed E-state index contributed by atoms with van der Waals surface area (Å²) >= 11 is 0. The quantitative estimate of drug-likeness (QED) is 0.696. The highest BCUT2D eigenvalue weighted by atomic mass is 16.5. The smallest absolute Gasteiger partial charge is 0.319 e. The number of rotatable bonds is 6. The zero-order chi connectivity index (χ0) is 23.4. The van der Waals surface area contributed by atoms with Gasteiger partial charge >= 0.3 is 6.03 Å². The van der Waals surface area contributed by atoms with Crippen molar-refractivity contribution >= 4 is 17.5 Å². The Kier molecular flexibility index (Phi) is 7.45. The summed E-state index contributed by atoms with van der Waals surface area (Å²) < 4.78 is 5.76. The number of hydrogen-bond acceptors (Lipinski definition) is 6. The number of nitrogens with one attached hydrogen (secondary N) is 2. The fourth-order valence-electron chi connectivity index (χ4n) is 4.55. The lowest BCUT2D eigenvalue weighted by atomic mass is 10.0. The topological polar surface area (TPSA) is 82.6 Å². The molecule has 4 rings (SSSR count). The standard InChI is InChI=1S/C25H36N6O2/c1-5-20-16-33-14-13-31(20)24-21-11-12-30(17(3)4)15-22(21)28-23(29-24)18-7-9-19(10-8-18)27-25(32)26-6-2/h7-10,17,20H,5-6,11-16H2,1-4H3,(H2,26,27,32). The number of hydrogen-bond donors (Lipinski definition) is 2. The highest BCUT2D eigenvalue weighted by Crippen LogP contribution is 2.32. The summed E-state index contributed by atoms with van der Waals surface area (Å²) in [6.45, 7) is 13.4. The predicted octanol–water partition coefficient (Wildman–Crippen LogP) is 3.67. The number of anilines is 2. The van der Waals surface area contributed by atoms with Gasteiger partial charge < -0.3 is 20.3 Å². The van der Waals surface area contributed by atoms with E-state index >= 15 is 0 Å². The molecule has 3 heterocycles. The average molecular weight is 453 g/mol. The zero-order valence-electron chi connectivity index (χ0n) is 20.2. The first kappa shape index (κ1) is 23.4. The Bertz CT molecular complexity index is 962. The summed E-state index contributed by atoms with van der Waals surface area (Å²) in [6.07, 6.45) is 1.98. The van der Waals surface area contributed by atoms with Crippen molar-refractivity contribution in [3.8, 4) is 11.4 Å². The third-order valence-corrected chi connectivity index (χ3v) is 6.51. The van der Waals surface area contributed by atoms with E-state index in [0.717, 1.165) is 74.3 Å². The number of benzene rings is 1. The number of fused-ring (bicyclic) bond motifs is 1. The lowest BCUT2D eigenvalue weighted by Crippen LogP contribution is -2.47. The summed E-state index contributed by atoms with van der Waals surface area (Å²) in [6, 6.07) is 8.36. The van der Waals surface area contributed by atoms with Gasteiger partial charge in [-0.05, 0) is 57.9 Å². The number of morpholine rings is 1. The zero-order valence-corrected chi connectivity index (χ0v) is 20.2. The van der Waals surface area contributed by atoms with Crippen LogP contribution in [0.25, 0.3) is 11.4 Å². The third kappa shape index (κ3) is 5.28. The van der Waals surface area contributed by atoms with Crippen LogP contribution in [-0.4, -0.2) is 65.8 Å². The van der Waals surface area contributed by atoms with E-state index in [2.05, 4.69) is 41.2 Å². The fraction of sp³-hybridized carbons (Fsp3) is 0.560. The summed E-state index contributed by atoms with van der Waals surface area (Å²) in [5.74, 6) is 1.80. The number of amides is 2. The largest absolute Gasteiger partial charge is 0.377 e. The second kappa shape index (κ2) is 10.5. The molecule has 0 spiro atoms. The monoisotopic (exact) mass is 452 g/mol. The molecule has 0 radical (unpaired) electrons. The Labute approximate surface area is 196 Å². The van der Waals surface area contributed by atoms with Crippen molar-refractivity contribution in [1.29, 1.82) is 0 Å². The summed E-state index contributed by atoms with van der Waals surface area (Å²) in [5.41, 5.74) is 4.10. The van der Waals surface area contributed by atoms with Gasteiger partial charge in [-0.1, -0.05) is 6.92 Å². The van der Waals surface area contributed by atoms with E-state index in [1.54, 1.807) is 0 Å². The first-order valence-corrected chi connectivity index (χ1v) is 12.1. The number of nitrogens with zero attached hydrogens (tertiary/aromatic N) is 4. The molecule has 178 valence electrons. The lowest BCUT2D eigenvalue weighted by molar-refractivity contribution is 0.0923. The van der Waals surface area contributed by atoms with Crippen molar-refractivity contribution in [2.45, 2.75) is 59.2 Å². The molecule has 2 amide bonds. The molecule has 2 aliphatic rings. The second-order valence-electron chi connectivity index (χ2n) is 9.00. The molecule has 1 atom stereocenters. The molecule has 0 bridgehead atoms. The van der Waals surface area contributed by atoms with Crippen LogP contribution in [0, 0.1) is 0 Å². The van der Waals surface area contributed by atoms with Crippen LogP contribution in [0.2, 0.25) is 0 Å². The Hall–Kier alpha value is -2.71. The van der Waals surface area contributed by atoms with Gasteiger partial charge in [0, 0.05) is 49.0 Å². The lowest BCUT2D eigenvalue weighted by Gasteiger charge is -2.39. The highest BCUT2D eigenvalue weighted by Gasteiger charge is 2.30. The molecule has 1 aromatic heterocycles. The van der Waals surface area contributed by atoms with Crippen molar-refractivity contribution < 1.29 is 9.53 Å². The van der Waals surface area contributed by atoms with E-state index in [4.69, 9.17) is 14.7 Å². The Morgan fingerprint density at radius 2 is 1.97 bits per heavy atom. The average Bonchev–Trinajstić information content (AvgIpc) is 2.83. The SMILES string of the molecule is CCNC(=O)Nc1ccc(-c2nc3c(c(N4CCOCC4CC)n2)CCN(C(C)C)C3)cc1. The molecule has 8 nitrogen and oxygen atoms in total. The molecule has 1 fully saturated rings. The van der Waals surface area contributed by atoms with Gasteiger partial charge in [-0.3, -0.25) is 4.90 Å². The molecule has 2 N–H and O–H groups in total. The molecule has 33 heavy (non-hydrogen) atoms. The summed E-state index contributed by atoms with van der Waals surface area (Å²) in [5, 5.41) is 5.59. The van der Waals surface area contributed by atoms with Crippen molar-refractivity contribution in [2.24, 2.45) is 0 Å². The van der Waals surface area contributed by atoms with E-state index in [0.29, 0.717) is 18.6 Å². The van der Waals surface area contributed by atoms with Crippen LogP contribution >= 0.6 is 0 Å². The first-order chi connectivity index (χ1) is 16.0. The van der Waals surface area contributed by atoms with E-state index < -0.39 is 0 Å². The third-order valence-electron chi connectivity index (χ3n) is 6.51. The molecule has 0 aliphatic carbocycles. The van der Waals surface area contributed by atoms with E-state index in [-0.39, 0.29) is 6.03 Å². The van der Waals surface area contributed by atoms with Gasteiger partial charge in [-0.15, -0.1) is 0 Å². The molecule has 2 aliphatic heterocycles. The fourth-order valence-corrected chi connectivity index (χ4v) is 4.55. The van der Waals surface area contributed by atoms with Gasteiger partial charge in [0.25, 0.3) is 0 Å². The van der Waals surface area contributed by atoms with E-state index in [1.165, 1.54) is 5.56 Å². The Morgan fingerprint density at radius 1 is 1.18 bits per heavy atom. The number of carbonyl (C=O) groups is 1. The van der Waals surface area contributed by atoms with Crippen molar-refractivity contribution in [3.63, 3.8) is 0 Å². The predicted molar refractivity (Wildman–Crippen MR) is 132 cm³/mol. The molecule has 0 saturated carbocycles. The van der Waals surface area contributed by atoms with Crippen LogP contribution in [0.1, 0.15) is 45.4 Å². The summed E-state index contributed by atoms with van der Waals surface area (Å²) in [4.78, 5) is 26.9. The van der Waals surface area contributed by atoms with Gasteiger partial charge in [-0.25, -0.2) is 14.8 Å². The van der Waals surface area contributed by atoms with Crippen molar-refractivity contribution in [3.05, 3.63) is 35.5 Å². The van der Waals surface area contributed by atoms with Crippen LogP contribution in [0.5, 0.6) is 0 Å². The number of ether oxygens (including phenoxy) is 1. The van der Waals surface area contributed by atoms with Gasteiger partial charge in [0.1, 0.15) is 5.82 Å². The molecule has 1 aromatic carbocycles. The van der Waals surface area contributed by atoms with Crippen molar-refractivity contribution in [2.75, 3.05) is 43.1 Å². The molecule has 1 saturated heterocycles. The van der Waals surface area contributed by atoms with Crippen LogP contribution in [-0.2, 0) is 17.7 Å². The Morgan fingerprint density at radius 3 is 2.67 bits per heavy atom. The maximum absolute atomic E-state index is 11.8. The van der Waals surface area contributed by atoms with Crippen LogP contribution in [0.15, 0.2) is 24.3 Å². The normalized spacial score (nSPS) is 18.8. The minimum atomic E-state index is -0.204. The summed E-state index contributed by atoms with van der Waals surface area (Å²) in [7, 11) is 0. The van der Waals surface area contributed by atoms with Gasteiger partial charge in [0.2, 0.25) is 0 Å². The number of aromatic nitrogens is 2. The maximum Gasteiger partial charge on any atom is 0.319 e. The molecule has 1 unspecified atom stereocenters. The van der Waals surface area contributed by atoms with E-state index in [1.807, 2.05) is 31.2 Å². The van der Waals surface area contributed by atoms with Crippen LogP contribution in [0.4, 0.5) is 16.3 Å². The Balaban J connectivity index is 1.69. The second-order valence-corrected chi connectivity index (χ2v) is 9.00. The molecular formula is C25H36N6O2. The van der Waals surface area contributed by atoms with Crippen LogP contribution < -0.4 is 15.5 Å². The molecule has 2 aromatic rings. The first-order valence-electron chi connectivity index (χ1n) is 12.1. The molecular weight excluding hydrogens is 416 g/mol. The van der Waals surface area contributed by atoms with Gasteiger partial charge in [-0.2, -0.15) is 0 Å². The van der Waals surface area contributed by atoms with Gasteiger partial charge in [0.05, 0.1) is 24.9 Å². The van der Waals surface area contributed by atoms with Gasteiger partial charge in [0.15, 0.2) is 5.82 Å². The van der Waals surface area contributed by atoms with Crippen LogP contribution in [0.3, 0.4) is 0 Å². The number of carbonyl (C=O) groups excluding carboxylic acids is 1. The molecule has 8 heteroatoms. The highest BCUT2D eigenvalue weighted by molar-refractivity contribution is 5.89. The minimum absolute atomic E-state index is 0.204. The van der Waals surface area contributed by atoms with Crippen molar-refractivity contribution in [1.82, 2.24) is 20.2 Å². The maximum atomic E-state index is 11.8. The minimum Gasteiger partial charge on any atom is -0.377 e.